The maximum atomic E-state index is 9.73. The van der Waals surface area contributed by atoms with Crippen molar-refractivity contribution < 1.29 is 5.11 Å². The quantitative estimate of drug-likeness (QED) is 0.838. The first-order chi connectivity index (χ1) is 7.58. The Morgan fingerprint density at radius 2 is 1.81 bits per heavy atom. The Bertz CT molecular complexity index is 483. The van der Waals surface area contributed by atoms with Gasteiger partial charge in [0.25, 0.3) is 0 Å². The number of hydrogen-bond acceptors (Lipinski definition) is 2. The Labute approximate surface area is 95.3 Å². The van der Waals surface area contributed by atoms with Crippen LogP contribution < -0.4 is 0 Å². The molecule has 0 saturated heterocycles. The summed E-state index contributed by atoms with van der Waals surface area (Å²) in [5, 5.41) is 14.1. The first-order valence-electron chi connectivity index (χ1n) is 5.43. The van der Waals surface area contributed by atoms with Gasteiger partial charge in [0.1, 0.15) is 5.69 Å². The zero-order valence-corrected chi connectivity index (χ0v) is 9.81. The fraction of sp³-hybridized carbons (Fsp3) is 0.308. The highest BCUT2D eigenvalue weighted by Gasteiger charge is 2.11. The van der Waals surface area contributed by atoms with Crippen molar-refractivity contribution in [1.82, 2.24) is 9.78 Å². The van der Waals surface area contributed by atoms with Crippen molar-refractivity contribution in [2.75, 3.05) is 0 Å². The first-order valence-corrected chi connectivity index (χ1v) is 5.43. The summed E-state index contributed by atoms with van der Waals surface area (Å²) < 4.78 is 1.71. The number of hydrogen-bond donors (Lipinski definition) is 1. The Morgan fingerprint density at radius 3 is 2.31 bits per heavy atom. The lowest BCUT2D eigenvalue weighted by molar-refractivity contribution is 0.464. The number of aryl methyl sites for hydroxylation is 1. The van der Waals surface area contributed by atoms with Crippen LogP contribution in [0.15, 0.2) is 30.5 Å². The molecule has 0 aliphatic carbocycles. The van der Waals surface area contributed by atoms with E-state index in [1.807, 2.05) is 45.0 Å². The second-order valence-corrected chi connectivity index (χ2v) is 4.33. The molecule has 3 nitrogen and oxygen atoms in total. The van der Waals surface area contributed by atoms with E-state index in [1.54, 1.807) is 10.9 Å². The number of aromatic hydroxyl groups is 1. The van der Waals surface area contributed by atoms with Gasteiger partial charge in [-0.15, -0.1) is 0 Å². The molecular formula is C13H16N2O. The van der Waals surface area contributed by atoms with Gasteiger partial charge >= 0.3 is 0 Å². The average Bonchev–Trinajstić information content (AvgIpc) is 2.61. The predicted octanol–water partition coefficient (Wildman–Crippen LogP) is 3.01. The van der Waals surface area contributed by atoms with Crippen LogP contribution in [0.4, 0.5) is 0 Å². The minimum absolute atomic E-state index is 0.228. The topological polar surface area (TPSA) is 38.0 Å². The van der Waals surface area contributed by atoms with Crippen molar-refractivity contribution in [3.8, 4) is 11.4 Å². The van der Waals surface area contributed by atoms with Gasteiger partial charge in [0.05, 0.1) is 11.9 Å². The number of aromatic nitrogens is 2. The maximum absolute atomic E-state index is 9.73. The van der Waals surface area contributed by atoms with Gasteiger partial charge in [0.15, 0.2) is 5.75 Å². The smallest absolute Gasteiger partial charge is 0.157 e. The molecule has 1 N–H and O–H groups in total. The highest BCUT2D eigenvalue weighted by molar-refractivity contribution is 5.37. The second kappa shape index (κ2) is 4.00. The highest BCUT2D eigenvalue weighted by Crippen LogP contribution is 2.24. The molecule has 0 amide bonds. The standard InChI is InChI=1S/C13H16N2O/c1-9(2)13-12(16)8-15(14-13)11-6-4-10(3)5-7-11/h4-9,16H,1-3H3. The summed E-state index contributed by atoms with van der Waals surface area (Å²) >= 11 is 0. The van der Waals surface area contributed by atoms with Crippen LogP contribution in [0.25, 0.3) is 5.69 Å². The molecular weight excluding hydrogens is 200 g/mol. The predicted molar refractivity (Wildman–Crippen MR) is 64.1 cm³/mol. The largest absolute Gasteiger partial charge is 0.504 e. The molecule has 1 aromatic heterocycles. The van der Waals surface area contributed by atoms with Gasteiger partial charge in [0, 0.05) is 5.92 Å². The van der Waals surface area contributed by atoms with Gasteiger partial charge in [-0.3, -0.25) is 0 Å². The Morgan fingerprint density at radius 1 is 1.19 bits per heavy atom. The third-order valence-corrected chi connectivity index (χ3v) is 2.57. The van der Waals surface area contributed by atoms with E-state index in [1.165, 1.54) is 5.56 Å². The van der Waals surface area contributed by atoms with E-state index in [2.05, 4.69) is 5.10 Å². The summed E-state index contributed by atoms with van der Waals surface area (Å²) in [4.78, 5) is 0. The van der Waals surface area contributed by atoms with Crippen molar-refractivity contribution in [3.63, 3.8) is 0 Å². The molecule has 1 aromatic carbocycles. The van der Waals surface area contributed by atoms with Crippen molar-refractivity contribution in [1.29, 1.82) is 0 Å². The molecule has 0 unspecified atom stereocenters. The minimum atomic E-state index is 0.228. The van der Waals surface area contributed by atoms with E-state index in [-0.39, 0.29) is 11.7 Å². The van der Waals surface area contributed by atoms with E-state index in [0.717, 1.165) is 11.4 Å². The summed E-state index contributed by atoms with van der Waals surface area (Å²) in [5.41, 5.74) is 2.91. The van der Waals surface area contributed by atoms with Crippen LogP contribution in [0.3, 0.4) is 0 Å². The zero-order chi connectivity index (χ0) is 11.7. The third-order valence-electron chi connectivity index (χ3n) is 2.57. The second-order valence-electron chi connectivity index (χ2n) is 4.33. The minimum Gasteiger partial charge on any atom is -0.504 e. The molecule has 0 spiro atoms. The van der Waals surface area contributed by atoms with Gasteiger partial charge in [0.2, 0.25) is 0 Å². The van der Waals surface area contributed by atoms with Crippen LogP contribution in [-0.2, 0) is 0 Å². The summed E-state index contributed by atoms with van der Waals surface area (Å²) in [6, 6.07) is 8.05. The number of nitrogens with zero attached hydrogens (tertiary/aromatic N) is 2. The molecule has 2 rings (SSSR count). The van der Waals surface area contributed by atoms with E-state index >= 15 is 0 Å². The average molecular weight is 216 g/mol. The Kier molecular flexibility index (Phi) is 2.69. The molecule has 0 saturated carbocycles. The maximum Gasteiger partial charge on any atom is 0.157 e. The Balaban J connectivity index is 2.41. The van der Waals surface area contributed by atoms with Gasteiger partial charge in [-0.25, -0.2) is 4.68 Å². The van der Waals surface area contributed by atoms with Crippen LogP contribution in [0, 0.1) is 6.92 Å². The van der Waals surface area contributed by atoms with Crippen molar-refractivity contribution >= 4 is 0 Å². The molecule has 0 aliphatic heterocycles. The molecule has 16 heavy (non-hydrogen) atoms. The van der Waals surface area contributed by atoms with Crippen LogP contribution in [0.5, 0.6) is 5.75 Å². The van der Waals surface area contributed by atoms with Crippen molar-refractivity contribution in [3.05, 3.63) is 41.7 Å². The summed E-state index contributed by atoms with van der Waals surface area (Å²) in [6.07, 6.45) is 1.65. The normalized spacial score (nSPS) is 11.0. The number of rotatable bonds is 2. The highest BCUT2D eigenvalue weighted by atomic mass is 16.3. The van der Waals surface area contributed by atoms with E-state index in [0.29, 0.717) is 0 Å². The van der Waals surface area contributed by atoms with E-state index < -0.39 is 0 Å². The molecule has 1 heterocycles. The lowest BCUT2D eigenvalue weighted by atomic mass is 10.1. The van der Waals surface area contributed by atoms with E-state index in [4.69, 9.17) is 0 Å². The summed E-state index contributed by atoms with van der Waals surface area (Å²) in [7, 11) is 0. The van der Waals surface area contributed by atoms with Crippen molar-refractivity contribution in [2.45, 2.75) is 26.7 Å². The molecule has 3 heteroatoms. The number of benzene rings is 1. The summed E-state index contributed by atoms with van der Waals surface area (Å²) in [6.45, 7) is 6.08. The molecule has 0 fully saturated rings. The van der Waals surface area contributed by atoms with Crippen LogP contribution in [-0.4, -0.2) is 14.9 Å². The fourth-order valence-corrected chi connectivity index (χ4v) is 1.62. The SMILES string of the molecule is Cc1ccc(-n2cc(O)c(C(C)C)n2)cc1. The molecule has 0 radical (unpaired) electrons. The molecule has 0 aliphatic rings. The third kappa shape index (κ3) is 1.94. The molecule has 0 bridgehead atoms. The monoisotopic (exact) mass is 216 g/mol. The molecule has 84 valence electrons. The zero-order valence-electron chi connectivity index (χ0n) is 9.81. The van der Waals surface area contributed by atoms with Gasteiger partial charge < -0.3 is 5.11 Å². The van der Waals surface area contributed by atoms with E-state index in [9.17, 15) is 5.11 Å². The Hall–Kier alpha value is -1.77. The lowest BCUT2D eigenvalue weighted by Crippen LogP contribution is -1.96. The summed E-state index contributed by atoms with van der Waals surface area (Å²) in [5.74, 6) is 0.488. The van der Waals surface area contributed by atoms with Crippen LogP contribution in [0.2, 0.25) is 0 Å². The van der Waals surface area contributed by atoms with Crippen molar-refractivity contribution in [2.24, 2.45) is 0 Å². The lowest BCUT2D eigenvalue weighted by Gasteiger charge is -2.02. The van der Waals surface area contributed by atoms with Gasteiger partial charge in [-0.05, 0) is 19.1 Å². The van der Waals surface area contributed by atoms with Crippen LogP contribution >= 0.6 is 0 Å². The fourth-order valence-electron chi connectivity index (χ4n) is 1.62. The first kappa shape index (κ1) is 10.7. The van der Waals surface area contributed by atoms with Crippen LogP contribution in [0.1, 0.15) is 31.0 Å². The van der Waals surface area contributed by atoms with Gasteiger partial charge in [-0.2, -0.15) is 5.10 Å². The van der Waals surface area contributed by atoms with Gasteiger partial charge in [-0.1, -0.05) is 31.5 Å². The molecule has 0 atom stereocenters. The molecule has 2 aromatic rings.